The second-order valence-corrected chi connectivity index (χ2v) is 15.3. The molecule has 0 fully saturated rings. The fraction of sp³-hybridized carbons (Fsp3) is 0.115. The molecule has 0 bridgehead atoms. The Morgan fingerprint density at radius 3 is 2.22 bits per heavy atom. The molecule has 5 aromatic carbocycles. The summed E-state index contributed by atoms with van der Waals surface area (Å²) in [5.41, 5.74) is 14.9. The molecule has 0 amide bonds. The van der Waals surface area contributed by atoms with E-state index in [9.17, 15) is 0 Å². The molecule has 9 rings (SSSR count). The third-order valence-corrected chi connectivity index (χ3v) is 12.1. The fourth-order valence-electron chi connectivity index (χ4n) is 8.14. The van der Waals surface area contributed by atoms with Crippen molar-refractivity contribution >= 4 is 62.1 Å². The summed E-state index contributed by atoms with van der Waals surface area (Å²) in [5, 5.41) is 4.68. The van der Waals surface area contributed by atoms with Gasteiger partial charge in [0.1, 0.15) is 11.2 Å². The summed E-state index contributed by atoms with van der Waals surface area (Å²) < 4.78 is 6.72. The first-order valence-corrected chi connectivity index (χ1v) is 20.0. The molecule has 2 heteroatoms. The normalized spacial score (nSPS) is 17.3. The van der Waals surface area contributed by atoms with Crippen LogP contribution in [0, 0.1) is 0 Å². The number of rotatable bonds is 5. The molecule has 1 nitrogen and oxygen atoms in total. The van der Waals surface area contributed by atoms with E-state index in [1.165, 1.54) is 48.7 Å². The second-order valence-electron chi connectivity index (χ2n) is 14.3. The molecule has 0 unspecified atom stereocenters. The summed E-state index contributed by atoms with van der Waals surface area (Å²) in [6.07, 6.45) is 23.1. The number of allylic oxidation sites excluding steroid dienone is 10. The van der Waals surface area contributed by atoms with E-state index in [-0.39, 0.29) is 0 Å². The molecule has 262 valence electrons. The molecule has 2 aliphatic carbocycles. The maximum Gasteiger partial charge on any atom is 0.142 e. The molecule has 0 N–H and O–H groups in total. The van der Waals surface area contributed by atoms with Crippen molar-refractivity contribution in [2.24, 2.45) is 0 Å². The van der Waals surface area contributed by atoms with Gasteiger partial charge >= 0.3 is 0 Å². The standard InChI is InChI=1S/C52H42OS/c1-35(37-18-6-5-7-19-37)41-22-11-12-23-42(41)36(2)43-21-8-3-4-9-24-44(46-26-14-13-25-45(43)46)40-33-49-38(32-39-20-10-17-29-51(39)54-34-40)30-31-48-47-27-15-16-28-50(47)53-52(48)49/h5-6,8-18,20-31,33H,1-4,7,19,32,34H2/b21-8?,24-9+,40-33?,45-43?,46-44+. The van der Waals surface area contributed by atoms with Gasteiger partial charge in [0.25, 0.3) is 0 Å². The van der Waals surface area contributed by atoms with Crippen LogP contribution in [0.4, 0.5) is 0 Å². The molecule has 0 saturated heterocycles. The van der Waals surface area contributed by atoms with Crippen LogP contribution in [0.25, 0.3) is 50.3 Å². The molecule has 6 aromatic rings. The Bertz CT molecular complexity index is 2770. The number of furan rings is 1. The van der Waals surface area contributed by atoms with Gasteiger partial charge in [-0.3, -0.25) is 0 Å². The SMILES string of the molecule is C=C(C1=CC=CCC1)c1ccccc1C(=C)C1=c2cccc/c2=C(C2=Cc3c(ccc4c3oc3ccccc34)Cc3ccccc3SC2)/C=C/CCC=C1. The molecular weight excluding hydrogens is 673 g/mol. The summed E-state index contributed by atoms with van der Waals surface area (Å²) in [6, 6.07) is 39.4. The van der Waals surface area contributed by atoms with E-state index < -0.39 is 0 Å². The highest BCUT2D eigenvalue weighted by atomic mass is 32.2. The van der Waals surface area contributed by atoms with E-state index in [4.69, 9.17) is 11.0 Å². The van der Waals surface area contributed by atoms with Gasteiger partial charge in [-0.1, -0.05) is 153 Å². The van der Waals surface area contributed by atoms with Crippen LogP contribution >= 0.6 is 11.8 Å². The van der Waals surface area contributed by atoms with Crippen LogP contribution in [0.2, 0.25) is 0 Å². The Morgan fingerprint density at radius 2 is 1.37 bits per heavy atom. The summed E-state index contributed by atoms with van der Waals surface area (Å²) in [7, 11) is 0. The van der Waals surface area contributed by atoms with E-state index in [1.54, 1.807) is 0 Å². The van der Waals surface area contributed by atoms with Crippen molar-refractivity contribution in [2.75, 3.05) is 5.75 Å². The fourth-order valence-corrected chi connectivity index (χ4v) is 9.19. The Balaban J connectivity index is 1.30. The van der Waals surface area contributed by atoms with Crippen molar-refractivity contribution in [1.29, 1.82) is 0 Å². The summed E-state index contributed by atoms with van der Waals surface area (Å²) in [4.78, 5) is 1.32. The minimum Gasteiger partial charge on any atom is -0.455 e. The molecule has 54 heavy (non-hydrogen) atoms. The average molecular weight is 715 g/mol. The molecule has 2 heterocycles. The quantitative estimate of drug-likeness (QED) is 0.176. The first-order chi connectivity index (χ1) is 26.6. The lowest BCUT2D eigenvalue weighted by atomic mass is 9.85. The molecule has 0 atom stereocenters. The van der Waals surface area contributed by atoms with Crippen LogP contribution in [0.3, 0.4) is 0 Å². The smallest absolute Gasteiger partial charge is 0.142 e. The predicted molar refractivity (Wildman–Crippen MR) is 233 cm³/mol. The highest BCUT2D eigenvalue weighted by Crippen LogP contribution is 2.39. The first-order valence-electron chi connectivity index (χ1n) is 19.0. The van der Waals surface area contributed by atoms with E-state index in [1.807, 2.05) is 11.8 Å². The Kier molecular flexibility index (Phi) is 9.37. The third-order valence-electron chi connectivity index (χ3n) is 11.0. The highest BCUT2D eigenvalue weighted by Gasteiger charge is 2.20. The topological polar surface area (TPSA) is 13.1 Å². The van der Waals surface area contributed by atoms with Crippen molar-refractivity contribution in [3.05, 3.63) is 214 Å². The van der Waals surface area contributed by atoms with Crippen molar-refractivity contribution in [2.45, 2.75) is 37.0 Å². The van der Waals surface area contributed by atoms with Crippen LogP contribution in [0.1, 0.15) is 53.5 Å². The predicted octanol–water partition coefficient (Wildman–Crippen LogP) is 12.6. The first kappa shape index (κ1) is 34.0. The highest BCUT2D eigenvalue weighted by molar-refractivity contribution is 7.99. The van der Waals surface area contributed by atoms with Gasteiger partial charge in [-0.15, -0.1) is 11.8 Å². The lowest BCUT2D eigenvalue weighted by Gasteiger charge is -2.19. The lowest BCUT2D eigenvalue weighted by molar-refractivity contribution is 0.667. The maximum absolute atomic E-state index is 6.72. The van der Waals surface area contributed by atoms with E-state index in [0.717, 1.165) is 87.6 Å². The number of thioether (sulfide) groups is 1. The van der Waals surface area contributed by atoms with Crippen LogP contribution in [-0.2, 0) is 6.42 Å². The van der Waals surface area contributed by atoms with Gasteiger partial charge in [0.05, 0.1) is 0 Å². The van der Waals surface area contributed by atoms with Crippen LogP contribution in [0.15, 0.2) is 185 Å². The molecule has 0 saturated carbocycles. The van der Waals surface area contributed by atoms with Gasteiger partial charge in [-0.05, 0) is 116 Å². The minimum atomic E-state index is 0.819. The Morgan fingerprint density at radius 1 is 0.630 bits per heavy atom. The van der Waals surface area contributed by atoms with Gasteiger partial charge in [-0.2, -0.15) is 0 Å². The minimum absolute atomic E-state index is 0.819. The molecule has 0 spiro atoms. The molecule has 1 aromatic heterocycles. The van der Waals surface area contributed by atoms with Crippen molar-refractivity contribution in [1.82, 2.24) is 0 Å². The zero-order chi connectivity index (χ0) is 36.4. The number of fused-ring (bicyclic) bond motifs is 7. The summed E-state index contributed by atoms with van der Waals surface area (Å²) in [6.45, 7) is 9.44. The van der Waals surface area contributed by atoms with Gasteiger partial charge in [0, 0.05) is 27.0 Å². The third kappa shape index (κ3) is 6.42. The van der Waals surface area contributed by atoms with Crippen molar-refractivity contribution in [3.63, 3.8) is 0 Å². The zero-order valence-corrected chi connectivity index (χ0v) is 31.3. The van der Waals surface area contributed by atoms with Crippen molar-refractivity contribution < 1.29 is 4.42 Å². The number of para-hydroxylation sites is 1. The van der Waals surface area contributed by atoms with Crippen molar-refractivity contribution in [3.8, 4) is 0 Å². The zero-order valence-electron chi connectivity index (χ0n) is 30.5. The number of hydrogen-bond donors (Lipinski definition) is 0. The molecule has 1 aliphatic heterocycles. The van der Waals surface area contributed by atoms with Gasteiger partial charge in [-0.25, -0.2) is 0 Å². The maximum atomic E-state index is 6.72. The van der Waals surface area contributed by atoms with E-state index >= 15 is 0 Å². The van der Waals surface area contributed by atoms with E-state index in [0.29, 0.717) is 0 Å². The largest absolute Gasteiger partial charge is 0.455 e. The Labute approximate surface area is 322 Å². The summed E-state index contributed by atoms with van der Waals surface area (Å²) >= 11 is 1.93. The van der Waals surface area contributed by atoms with Crippen LogP contribution in [0.5, 0.6) is 0 Å². The van der Waals surface area contributed by atoms with Crippen LogP contribution < -0.4 is 10.4 Å². The Hall–Kier alpha value is -5.83. The second kappa shape index (κ2) is 14.9. The molecule has 0 radical (unpaired) electrons. The van der Waals surface area contributed by atoms with E-state index in [2.05, 4.69) is 164 Å². The van der Waals surface area contributed by atoms with Gasteiger partial charge in [0.2, 0.25) is 0 Å². The van der Waals surface area contributed by atoms with Gasteiger partial charge < -0.3 is 4.42 Å². The van der Waals surface area contributed by atoms with Gasteiger partial charge in [0.15, 0.2) is 0 Å². The van der Waals surface area contributed by atoms with Crippen LogP contribution in [-0.4, -0.2) is 5.75 Å². The number of benzene rings is 5. The molecule has 3 aliphatic rings. The lowest BCUT2D eigenvalue weighted by Crippen LogP contribution is -2.29. The monoisotopic (exact) mass is 714 g/mol. The number of hydrogen-bond acceptors (Lipinski definition) is 2. The summed E-state index contributed by atoms with van der Waals surface area (Å²) in [5.74, 6) is 0.819. The molecular formula is C52H42OS. The average Bonchev–Trinajstić information content (AvgIpc) is 3.63.